The molecule has 27 heavy (non-hydrogen) atoms. The van der Waals surface area contributed by atoms with Crippen molar-refractivity contribution in [2.75, 3.05) is 6.54 Å². The van der Waals surface area contributed by atoms with Crippen LogP contribution in [0.15, 0.2) is 24.4 Å². The van der Waals surface area contributed by atoms with E-state index in [9.17, 15) is 9.59 Å². The van der Waals surface area contributed by atoms with Crippen LogP contribution in [0.3, 0.4) is 0 Å². The molecule has 2 fully saturated rings. The lowest BCUT2D eigenvalue weighted by atomic mass is 9.77. The molecule has 1 saturated carbocycles. The molecule has 0 aromatic carbocycles. The Morgan fingerprint density at radius 1 is 1.26 bits per heavy atom. The summed E-state index contributed by atoms with van der Waals surface area (Å²) in [4.78, 5) is 27.2. The third-order valence-electron chi connectivity index (χ3n) is 6.40. The van der Waals surface area contributed by atoms with Crippen molar-refractivity contribution in [2.45, 2.75) is 52.1 Å². The summed E-state index contributed by atoms with van der Waals surface area (Å²) in [6.07, 6.45) is 5.64. The molecule has 3 heterocycles. The Morgan fingerprint density at radius 2 is 2.11 bits per heavy atom. The van der Waals surface area contributed by atoms with Gasteiger partial charge in [-0.2, -0.15) is 0 Å². The van der Waals surface area contributed by atoms with E-state index in [1.165, 1.54) is 6.42 Å². The standard InChI is InChI=1S/C20H27N5O2/c1-13-6-5-7-16(14(13)2)25-12-15(10-19(25)26)20(27)21-11-18-23-22-17-8-3-4-9-24(17)18/h3-4,8-9,13-16H,5-7,10-12H2,1-2H3,(H,21,27)/t13-,14+,15+,16+/m0/s1. The average molecular weight is 369 g/mol. The number of aromatic nitrogens is 3. The van der Waals surface area contributed by atoms with Gasteiger partial charge in [-0.1, -0.05) is 32.8 Å². The summed E-state index contributed by atoms with van der Waals surface area (Å²) in [5.41, 5.74) is 0.754. The molecule has 2 aromatic heterocycles. The molecule has 2 aliphatic rings. The number of carbonyl (C=O) groups is 2. The number of fused-ring (bicyclic) bond motifs is 1. The number of carbonyl (C=O) groups excluding carboxylic acids is 2. The van der Waals surface area contributed by atoms with E-state index in [2.05, 4.69) is 29.4 Å². The summed E-state index contributed by atoms with van der Waals surface area (Å²) >= 11 is 0. The molecule has 1 saturated heterocycles. The van der Waals surface area contributed by atoms with E-state index >= 15 is 0 Å². The Bertz CT molecular complexity index is 848. The fraction of sp³-hybridized carbons (Fsp3) is 0.600. The van der Waals surface area contributed by atoms with Gasteiger partial charge in [-0.25, -0.2) is 0 Å². The molecule has 144 valence electrons. The molecule has 1 N–H and O–H groups in total. The Kier molecular flexibility index (Phi) is 4.85. The van der Waals surface area contributed by atoms with Crippen LogP contribution in [-0.4, -0.2) is 43.9 Å². The number of nitrogens with zero attached hydrogens (tertiary/aromatic N) is 4. The fourth-order valence-corrected chi connectivity index (χ4v) is 4.54. The first-order chi connectivity index (χ1) is 13.0. The van der Waals surface area contributed by atoms with Gasteiger partial charge in [0.05, 0.1) is 12.5 Å². The highest BCUT2D eigenvalue weighted by molar-refractivity contribution is 5.89. The summed E-state index contributed by atoms with van der Waals surface area (Å²) in [5.74, 6) is 1.58. The van der Waals surface area contributed by atoms with Crippen molar-refractivity contribution in [1.29, 1.82) is 0 Å². The van der Waals surface area contributed by atoms with Crippen LogP contribution in [0.5, 0.6) is 0 Å². The van der Waals surface area contributed by atoms with E-state index in [4.69, 9.17) is 0 Å². The SMILES string of the molecule is C[C@H]1[C@H](N2C[C@H](C(=O)NCc3nnc4ccccn34)CC2=O)CCC[C@@H]1C. The largest absolute Gasteiger partial charge is 0.348 e. The van der Waals surface area contributed by atoms with Crippen LogP contribution in [0.2, 0.25) is 0 Å². The minimum absolute atomic E-state index is 0.0740. The zero-order valence-corrected chi connectivity index (χ0v) is 16.0. The number of pyridine rings is 1. The lowest BCUT2D eigenvalue weighted by molar-refractivity contribution is -0.132. The molecular formula is C20H27N5O2. The quantitative estimate of drug-likeness (QED) is 0.894. The third-order valence-corrected chi connectivity index (χ3v) is 6.40. The van der Waals surface area contributed by atoms with Crippen LogP contribution in [0, 0.1) is 17.8 Å². The molecule has 4 rings (SSSR count). The molecule has 7 heteroatoms. The molecule has 0 radical (unpaired) electrons. The van der Waals surface area contributed by atoms with Crippen molar-refractivity contribution in [3.8, 4) is 0 Å². The topological polar surface area (TPSA) is 79.6 Å². The Balaban J connectivity index is 1.38. The van der Waals surface area contributed by atoms with E-state index in [0.717, 1.165) is 18.5 Å². The van der Waals surface area contributed by atoms with Gasteiger partial charge in [0.2, 0.25) is 11.8 Å². The molecule has 7 nitrogen and oxygen atoms in total. The van der Waals surface area contributed by atoms with Gasteiger partial charge in [0.25, 0.3) is 0 Å². The summed E-state index contributed by atoms with van der Waals surface area (Å²) in [7, 11) is 0. The predicted molar refractivity (Wildman–Crippen MR) is 101 cm³/mol. The minimum atomic E-state index is -0.277. The van der Waals surface area contributed by atoms with E-state index in [0.29, 0.717) is 37.2 Å². The van der Waals surface area contributed by atoms with Crippen LogP contribution >= 0.6 is 0 Å². The maximum absolute atomic E-state index is 12.6. The van der Waals surface area contributed by atoms with Gasteiger partial charge in [-0.3, -0.25) is 14.0 Å². The third kappa shape index (κ3) is 3.42. The number of likely N-dealkylation sites (tertiary alicyclic amines) is 1. The molecule has 2 aromatic rings. The number of hydrogen-bond donors (Lipinski definition) is 1. The van der Waals surface area contributed by atoms with Crippen LogP contribution in [0.25, 0.3) is 5.65 Å². The molecule has 4 atom stereocenters. The summed E-state index contributed by atoms with van der Waals surface area (Å²) in [5, 5.41) is 11.2. The minimum Gasteiger partial charge on any atom is -0.348 e. The Hall–Kier alpha value is -2.44. The van der Waals surface area contributed by atoms with Gasteiger partial charge in [-0.05, 0) is 30.4 Å². The van der Waals surface area contributed by atoms with E-state index in [-0.39, 0.29) is 23.8 Å². The van der Waals surface area contributed by atoms with Crippen LogP contribution in [0.4, 0.5) is 0 Å². The summed E-state index contributed by atoms with van der Waals surface area (Å²) in [6, 6.07) is 5.96. The first-order valence-electron chi connectivity index (χ1n) is 9.90. The number of rotatable bonds is 4. The van der Waals surface area contributed by atoms with Gasteiger partial charge in [0.1, 0.15) is 0 Å². The second-order valence-corrected chi connectivity index (χ2v) is 8.04. The molecule has 0 bridgehead atoms. The normalized spacial score (nSPS) is 28.7. The monoisotopic (exact) mass is 369 g/mol. The molecule has 0 spiro atoms. The van der Waals surface area contributed by atoms with Crippen molar-refractivity contribution >= 4 is 17.5 Å². The van der Waals surface area contributed by atoms with Gasteiger partial charge < -0.3 is 10.2 Å². The Morgan fingerprint density at radius 3 is 2.96 bits per heavy atom. The maximum atomic E-state index is 12.6. The van der Waals surface area contributed by atoms with Crippen LogP contribution < -0.4 is 5.32 Å². The van der Waals surface area contributed by atoms with Crippen molar-refractivity contribution in [3.63, 3.8) is 0 Å². The highest BCUT2D eigenvalue weighted by Gasteiger charge is 2.41. The number of hydrogen-bond acceptors (Lipinski definition) is 4. The fourth-order valence-electron chi connectivity index (χ4n) is 4.54. The highest BCUT2D eigenvalue weighted by atomic mass is 16.2. The average Bonchev–Trinajstić information content (AvgIpc) is 3.26. The number of nitrogens with one attached hydrogen (secondary N) is 1. The van der Waals surface area contributed by atoms with Gasteiger partial charge in [-0.15, -0.1) is 10.2 Å². The second kappa shape index (κ2) is 7.29. The molecule has 2 amide bonds. The highest BCUT2D eigenvalue weighted by Crippen LogP contribution is 2.35. The van der Waals surface area contributed by atoms with Crippen molar-refractivity contribution in [2.24, 2.45) is 17.8 Å². The first-order valence-corrected chi connectivity index (χ1v) is 9.90. The van der Waals surface area contributed by atoms with Crippen molar-refractivity contribution < 1.29 is 9.59 Å². The van der Waals surface area contributed by atoms with E-state index in [1.807, 2.05) is 33.7 Å². The lowest BCUT2D eigenvalue weighted by Crippen LogP contribution is -2.45. The van der Waals surface area contributed by atoms with Crippen molar-refractivity contribution in [1.82, 2.24) is 24.8 Å². The van der Waals surface area contributed by atoms with Gasteiger partial charge in [0.15, 0.2) is 11.5 Å². The molecule has 1 aliphatic heterocycles. The zero-order valence-electron chi connectivity index (χ0n) is 16.0. The summed E-state index contributed by atoms with van der Waals surface area (Å²) < 4.78 is 1.86. The van der Waals surface area contributed by atoms with Crippen LogP contribution in [-0.2, 0) is 16.1 Å². The number of amides is 2. The first kappa shape index (κ1) is 17.9. The zero-order chi connectivity index (χ0) is 19.0. The summed E-state index contributed by atoms with van der Waals surface area (Å²) in [6.45, 7) is 5.36. The lowest BCUT2D eigenvalue weighted by Gasteiger charge is -2.40. The van der Waals surface area contributed by atoms with Gasteiger partial charge in [0, 0.05) is 25.2 Å². The van der Waals surface area contributed by atoms with E-state index < -0.39 is 0 Å². The second-order valence-electron chi connectivity index (χ2n) is 8.04. The van der Waals surface area contributed by atoms with Crippen LogP contribution in [0.1, 0.15) is 45.4 Å². The maximum Gasteiger partial charge on any atom is 0.225 e. The molecular weight excluding hydrogens is 342 g/mol. The molecule has 0 unspecified atom stereocenters. The van der Waals surface area contributed by atoms with E-state index in [1.54, 1.807) is 0 Å². The van der Waals surface area contributed by atoms with Crippen molar-refractivity contribution in [3.05, 3.63) is 30.2 Å². The smallest absolute Gasteiger partial charge is 0.225 e. The predicted octanol–water partition coefficient (Wildman–Crippen LogP) is 2.02. The van der Waals surface area contributed by atoms with Gasteiger partial charge >= 0.3 is 0 Å². The molecule has 1 aliphatic carbocycles. The Labute approximate surface area is 159 Å².